The van der Waals surface area contributed by atoms with Crippen molar-refractivity contribution in [2.45, 2.75) is 13.8 Å². The molecule has 0 spiro atoms. The molecule has 0 aliphatic heterocycles. The zero-order valence-electron chi connectivity index (χ0n) is 9.97. The number of esters is 1. The maximum absolute atomic E-state index is 11.7. The number of hydrogen-bond donors (Lipinski definition) is 0. The van der Waals surface area contributed by atoms with Crippen LogP contribution in [0.15, 0.2) is 12.4 Å². The van der Waals surface area contributed by atoms with Crippen molar-refractivity contribution in [3.8, 4) is 0 Å². The first-order valence-electron chi connectivity index (χ1n) is 4.99. The van der Waals surface area contributed by atoms with Crippen molar-refractivity contribution in [3.05, 3.63) is 18.1 Å². The summed E-state index contributed by atoms with van der Waals surface area (Å²) in [7, 11) is 3.64. The molecule has 0 radical (unpaired) electrons. The largest absolute Gasteiger partial charge is 0.461 e. The van der Waals surface area contributed by atoms with Gasteiger partial charge in [-0.05, 0) is 13.8 Å². The van der Waals surface area contributed by atoms with Gasteiger partial charge in [0.1, 0.15) is 0 Å². The van der Waals surface area contributed by atoms with Gasteiger partial charge in [0.25, 0.3) is 0 Å². The number of rotatable bonds is 4. The second-order valence-electron chi connectivity index (χ2n) is 3.50. The van der Waals surface area contributed by atoms with E-state index >= 15 is 0 Å². The van der Waals surface area contributed by atoms with E-state index in [-0.39, 0.29) is 0 Å². The van der Waals surface area contributed by atoms with E-state index in [0.29, 0.717) is 12.3 Å². The molecule has 0 N–H and O–H groups in total. The molecule has 6 nitrogen and oxygen atoms in total. The van der Waals surface area contributed by atoms with Gasteiger partial charge in [0.2, 0.25) is 0 Å². The van der Waals surface area contributed by atoms with Crippen LogP contribution in [-0.4, -0.2) is 46.6 Å². The number of carbonyl (C=O) groups is 1. The Morgan fingerprint density at radius 3 is 2.75 bits per heavy atom. The SMILES string of the molecule is CCOC(=O)/C(=C\N(C)C)n1cc(C)nn1. The van der Waals surface area contributed by atoms with Crippen molar-refractivity contribution >= 4 is 11.7 Å². The minimum Gasteiger partial charge on any atom is -0.461 e. The Hall–Kier alpha value is -1.85. The average Bonchev–Trinajstić information content (AvgIpc) is 2.61. The molecule has 0 aromatic carbocycles. The van der Waals surface area contributed by atoms with Crippen LogP contribution in [0.4, 0.5) is 0 Å². The molecule has 0 bridgehead atoms. The molecule has 1 aromatic heterocycles. The highest BCUT2D eigenvalue weighted by atomic mass is 16.5. The van der Waals surface area contributed by atoms with Crippen LogP contribution in [-0.2, 0) is 9.53 Å². The summed E-state index contributed by atoms with van der Waals surface area (Å²) >= 11 is 0. The van der Waals surface area contributed by atoms with Crippen molar-refractivity contribution in [1.82, 2.24) is 19.9 Å². The second-order valence-corrected chi connectivity index (χ2v) is 3.50. The lowest BCUT2D eigenvalue weighted by Gasteiger charge is -2.10. The van der Waals surface area contributed by atoms with Crippen LogP contribution in [0.3, 0.4) is 0 Å². The molecular weight excluding hydrogens is 208 g/mol. The highest BCUT2D eigenvalue weighted by Gasteiger charge is 2.14. The molecule has 88 valence electrons. The van der Waals surface area contributed by atoms with Gasteiger partial charge in [-0.3, -0.25) is 0 Å². The zero-order chi connectivity index (χ0) is 12.1. The van der Waals surface area contributed by atoms with E-state index < -0.39 is 5.97 Å². The fraction of sp³-hybridized carbons (Fsp3) is 0.500. The van der Waals surface area contributed by atoms with Gasteiger partial charge in [-0.25, -0.2) is 9.48 Å². The lowest BCUT2D eigenvalue weighted by Crippen LogP contribution is -2.16. The predicted octanol–water partition coefficient (Wildman–Crippen LogP) is 0.510. The summed E-state index contributed by atoms with van der Waals surface area (Å²) < 4.78 is 6.36. The minimum atomic E-state index is -0.416. The Morgan fingerprint density at radius 2 is 2.31 bits per heavy atom. The molecule has 1 heterocycles. The molecule has 6 heteroatoms. The zero-order valence-corrected chi connectivity index (χ0v) is 9.97. The lowest BCUT2D eigenvalue weighted by molar-refractivity contribution is -0.136. The molecule has 0 atom stereocenters. The summed E-state index contributed by atoms with van der Waals surface area (Å²) in [5.74, 6) is -0.416. The van der Waals surface area contributed by atoms with Gasteiger partial charge in [-0.1, -0.05) is 5.21 Å². The molecule has 0 saturated carbocycles. The van der Waals surface area contributed by atoms with Crippen LogP contribution < -0.4 is 0 Å². The molecule has 0 unspecified atom stereocenters. The van der Waals surface area contributed by atoms with Gasteiger partial charge in [-0.15, -0.1) is 5.10 Å². The van der Waals surface area contributed by atoms with Gasteiger partial charge < -0.3 is 9.64 Å². The highest BCUT2D eigenvalue weighted by molar-refractivity contribution is 6.09. The first-order chi connectivity index (χ1) is 7.54. The maximum Gasteiger partial charge on any atom is 0.358 e. The van der Waals surface area contributed by atoms with E-state index in [1.165, 1.54) is 4.68 Å². The van der Waals surface area contributed by atoms with Crippen LogP contribution in [0.1, 0.15) is 12.6 Å². The summed E-state index contributed by atoms with van der Waals surface area (Å²) in [4.78, 5) is 13.4. The normalized spacial score (nSPS) is 11.4. The third-order valence-electron chi connectivity index (χ3n) is 1.72. The molecular formula is C10H16N4O2. The van der Waals surface area contributed by atoms with Gasteiger partial charge in [0, 0.05) is 20.3 Å². The molecule has 0 amide bonds. The van der Waals surface area contributed by atoms with Crippen molar-refractivity contribution in [1.29, 1.82) is 0 Å². The Labute approximate surface area is 94.5 Å². The van der Waals surface area contributed by atoms with E-state index in [0.717, 1.165) is 5.69 Å². The fourth-order valence-corrected chi connectivity index (χ4v) is 1.12. The second kappa shape index (κ2) is 5.29. The van der Waals surface area contributed by atoms with E-state index in [2.05, 4.69) is 10.3 Å². The van der Waals surface area contributed by atoms with Gasteiger partial charge in [0.15, 0.2) is 5.70 Å². The van der Waals surface area contributed by atoms with Crippen LogP contribution in [0.25, 0.3) is 5.70 Å². The van der Waals surface area contributed by atoms with Gasteiger partial charge in [-0.2, -0.15) is 0 Å². The Bertz CT molecular complexity index is 395. The van der Waals surface area contributed by atoms with Crippen LogP contribution in [0.2, 0.25) is 0 Å². The van der Waals surface area contributed by atoms with Gasteiger partial charge in [0.05, 0.1) is 18.5 Å². The molecule has 0 aliphatic rings. The number of aromatic nitrogens is 3. The Kier molecular flexibility index (Phi) is 4.04. The van der Waals surface area contributed by atoms with Gasteiger partial charge >= 0.3 is 5.97 Å². The van der Waals surface area contributed by atoms with Crippen molar-refractivity contribution in [3.63, 3.8) is 0 Å². The van der Waals surface area contributed by atoms with Crippen molar-refractivity contribution in [2.75, 3.05) is 20.7 Å². The van der Waals surface area contributed by atoms with Crippen LogP contribution in [0, 0.1) is 6.92 Å². The smallest absolute Gasteiger partial charge is 0.358 e. The third kappa shape index (κ3) is 3.08. The summed E-state index contributed by atoms with van der Waals surface area (Å²) in [6, 6.07) is 0. The fourth-order valence-electron chi connectivity index (χ4n) is 1.12. The van der Waals surface area contributed by atoms with Crippen molar-refractivity contribution < 1.29 is 9.53 Å². The summed E-state index contributed by atoms with van der Waals surface area (Å²) in [5.41, 5.74) is 1.08. The van der Waals surface area contributed by atoms with Crippen molar-refractivity contribution in [2.24, 2.45) is 0 Å². The third-order valence-corrected chi connectivity index (χ3v) is 1.72. The first-order valence-corrected chi connectivity index (χ1v) is 4.99. The minimum absolute atomic E-state index is 0.331. The van der Waals surface area contributed by atoms with Crippen LogP contribution in [0.5, 0.6) is 0 Å². The molecule has 0 fully saturated rings. The number of hydrogen-bond acceptors (Lipinski definition) is 5. The quantitative estimate of drug-likeness (QED) is 0.551. The molecule has 16 heavy (non-hydrogen) atoms. The van der Waals surface area contributed by atoms with E-state index in [4.69, 9.17) is 4.74 Å². The van der Waals surface area contributed by atoms with E-state index in [9.17, 15) is 4.79 Å². The summed E-state index contributed by atoms with van der Waals surface area (Å²) in [6.45, 7) is 3.90. The average molecular weight is 224 g/mol. The predicted molar refractivity (Wildman–Crippen MR) is 59.4 cm³/mol. The Morgan fingerprint density at radius 1 is 1.62 bits per heavy atom. The molecule has 1 rings (SSSR count). The van der Waals surface area contributed by atoms with E-state index in [1.54, 1.807) is 24.2 Å². The topological polar surface area (TPSA) is 60.2 Å². The number of aryl methyl sites for hydroxylation is 1. The molecule has 0 aliphatic carbocycles. The lowest BCUT2D eigenvalue weighted by atomic mass is 10.4. The van der Waals surface area contributed by atoms with E-state index in [1.807, 2.05) is 21.0 Å². The summed E-state index contributed by atoms with van der Waals surface area (Å²) in [5, 5.41) is 7.68. The maximum atomic E-state index is 11.7. The monoisotopic (exact) mass is 224 g/mol. The summed E-state index contributed by atoms with van der Waals surface area (Å²) in [6.07, 6.45) is 3.32. The Balaban J connectivity index is 3.01. The number of carbonyl (C=O) groups excluding carboxylic acids is 1. The molecule has 0 saturated heterocycles. The highest BCUT2D eigenvalue weighted by Crippen LogP contribution is 2.06. The molecule has 1 aromatic rings. The number of ether oxygens (including phenoxy) is 1. The number of nitrogens with zero attached hydrogens (tertiary/aromatic N) is 4. The first kappa shape index (κ1) is 12.2. The van der Waals surface area contributed by atoms with Crippen LogP contribution >= 0.6 is 0 Å². The standard InChI is InChI=1S/C10H16N4O2/c1-5-16-10(15)9(7-13(3)4)14-6-8(2)11-12-14/h6-7H,5H2,1-4H3/b9-7+.